The fraction of sp³-hybridized carbons (Fsp3) is 0.300. The third-order valence-electron chi connectivity index (χ3n) is 4.36. The van der Waals surface area contributed by atoms with Gasteiger partial charge in [-0.25, -0.2) is 0 Å². The van der Waals surface area contributed by atoms with E-state index in [0.29, 0.717) is 30.3 Å². The normalized spacial score (nSPS) is 20.7. The Labute approximate surface area is 163 Å². The summed E-state index contributed by atoms with van der Waals surface area (Å²) in [5, 5.41) is 12.2. The minimum absolute atomic E-state index is 0.461. The molecule has 6 nitrogen and oxygen atoms in total. The molecule has 2 aromatic rings. The number of nitrogens with zero attached hydrogens (tertiary/aromatic N) is 3. The van der Waals surface area contributed by atoms with Crippen molar-refractivity contribution < 1.29 is 14.6 Å². The number of aromatic nitrogens is 1. The zero-order valence-electron chi connectivity index (χ0n) is 15.5. The third-order valence-corrected chi connectivity index (χ3v) is 5.51. The van der Waals surface area contributed by atoms with Gasteiger partial charge >= 0.3 is 0 Å². The lowest BCUT2D eigenvalue weighted by molar-refractivity contribution is -0.0425. The first kappa shape index (κ1) is 19.3. The number of benzene rings is 1. The molecule has 7 heteroatoms. The monoisotopic (exact) mass is 385 g/mol. The van der Waals surface area contributed by atoms with Crippen LogP contribution in [-0.2, 0) is 12.3 Å². The summed E-state index contributed by atoms with van der Waals surface area (Å²) >= 11 is 1.52. The summed E-state index contributed by atoms with van der Waals surface area (Å²) in [6, 6.07) is 9.32. The molecule has 1 atom stereocenters. The summed E-state index contributed by atoms with van der Waals surface area (Å²) in [6.07, 6.45) is 5.29. The maximum absolute atomic E-state index is 11.5. The second-order valence-electron chi connectivity index (χ2n) is 6.03. The number of rotatable bonds is 7. The molecular formula is C20H23N3O3S. The van der Waals surface area contributed by atoms with Gasteiger partial charge in [0.05, 0.1) is 26.5 Å². The van der Waals surface area contributed by atoms with Crippen LogP contribution < -0.4 is 9.47 Å². The number of aliphatic hydroxyl groups is 1. The topological polar surface area (TPSA) is 67.2 Å². The van der Waals surface area contributed by atoms with E-state index in [2.05, 4.69) is 11.6 Å². The summed E-state index contributed by atoms with van der Waals surface area (Å²) in [5.74, 6) is 1.66. The number of pyridine rings is 1. The minimum atomic E-state index is -1.20. The Kier molecular flexibility index (Phi) is 6.03. The highest BCUT2D eigenvalue weighted by Gasteiger charge is 2.44. The lowest BCUT2D eigenvalue weighted by Gasteiger charge is -2.34. The van der Waals surface area contributed by atoms with Crippen molar-refractivity contribution in [3.8, 4) is 11.5 Å². The number of methoxy groups -OCH3 is 2. The molecule has 0 aliphatic carbocycles. The minimum Gasteiger partial charge on any atom is -0.493 e. The predicted molar refractivity (Wildman–Crippen MR) is 108 cm³/mol. The molecule has 0 spiro atoms. The van der Waals surface area contributed by atoms with Gasteiger partial charge in [-0.2, -0.15) is 0 Å². The zero-order valence-corrected chi connectivity index (χ0v) is 16.3. The molecule has 1 N–H and O–H groups in total. The molecule has 1 saturated heterocycles. The van der Waals surface area contributed by atoms with Crippen molar-refractivity contribution in [1.29, 1.82) is 0 Å². The molecule has 1 aliphatic rings. The number of aliphatic imine (C=N–C) groups is 1. The number of thioether (sulfide) groups is 1. The van der Waals surface area contributed by atoms with Gasteiger partial charge in [-0.05, 0) is 23.8 Å². The van der Waals surface area contributed by atoms with Crippen LogP contribution in [0, 0.1) is 0 Å². The predicted octanol–water partition coefficient (Wildman–Crippen LogP) is 3.03. The average Bonchev–Trinajstić information content (AvgIpc) is 3.04. The van der Waals surface area contributed by atoms with Crippen LogP contribution in [-0.4, -0.2) is 46.7 Å². The SMILES string of the molecule is C=CCN1C(=NCc2cccnc2)SCC1(O)c1ccc(OC)c(OC)c1. The highest BCUT2D eigenvalue weighted by atomic mass is 32.2. The van der Waals surface area contributed by atoms with Gasteiger partial charge in [0, 0.05) is 24.5 Å². The third kappa shape index (κ3) is 3.94. The molecule has 0 radical (unpaired) electrons. The Morgan fingerprint density at radius 1 is 1.33 bits per heavy atom. The summed E-state index contributed by atoms with van der Waals surface area (Å²) in [6.45, 7) is 4.81. The molecule has 3 rings (SSSR count). The smallest absolute Gasteiger partial charge is 0.176 e. The van der Waals surface area contributed by atoms with Crippen molar-refractivity contribution >= 4 is 16.9 Å². The largest absolute Gasteiger partial charge is 0.493 e. The fourth-order valence-electron chi connectivity index (χ4n) is 2.94. The Bertz CT molecular complexity index is 828. The van der Waals surface area contributed by atoms with Crippen molar-refractivity contribution in [2.75, 3.05) is 26.5 Å². The average molecular weight is 385 g/mol. The maximum atomic E-state index is 11.5. The van der Waals surface area contributed by atoms with Crippen molar-refractivity contribution in [1.82, 2.24) is 9.88 Å². The van der Waals surface area contributed by atoms with Crippen molar-refractivity contribution in [2.45, 2.75) is 12.3 Å². The maximum Gasteiger partial charge on any atom is 0.176 e. The molecule has 27 heavy (non-hydrogen) atoms. The number of ether oxygens (including phenoxy) is 2. The van der Waals surface area contributed by atoms with Crippen molar-refractivity contribution in [2.24, 2.45) is 4.99 Å². The fourth-order valence-corrected chi connectivity index (χ4v) is 4.13. The van der Waals surface area contributed by atoms with Gasteiger partial charge in [0.2, 0.25) is 0 Å². The van der Waals surface area contributed by atoms with Crippen molar-refractivity contribution in [3.05, 3.63) is 66.5 Å². The van der Waals surface area contributed by atoms with E-state index in [-0.39, 0.29) is 0 Å². The van der Waals surface area contributed by atoms with Crippen LogP contribution in [0.5, 0.6) is 11.5 Å². The Morgan fingerprint density at radius 3 is 2.81 bits per heavy atom. The van der Waals surface area contributed by atoms with E-state index < -0.39 is 5.72 Å². The number of hydrogen-bond acceptors (Lipinski definition) is 6. The molecule has 0 saturated carbocycles. The zero-order chi connectivity index (χ0) is 19.3. The van der Waals surface area contributed by atoms with Gasteiger partial charge in [-0.1, -0.05) is 30.0 Å². The van der Waals surface area contributed by atoms with Crippen LogP contribution in [0.2, 0.25) is 0 Å². The van der Waals surface area contributed by atoms with Gasteiger partial charge in [-0.15, -0.1) is 6.58 Å². The molecule has 1 aromatic carbocycles. The molecule has 2 heterocycles. The Balaban J connectivity index is 1.91. The molecule has 1 fully saturated rings. The van der Waals surface area contributed by atoms with Crippen LogP contribution in [0.25, 0.3) is 0 Å². The van der Waals surface area contributed by atoms with Gasteiger partial charge < -0.3 is 19.5 Å². The quantitative estimate of drug-likeness (QED) is 0.739. The highest BCUT2D eigenvalue weighted by Crippen LogP contribution is 2.41. The summed E-state index contributed by atoms with van der Waals surface area (Å²) in [5.41, 5.74) is 0.540. The van der Waals surface area contributed by atoms with E-state index in [4.69, 9.17) is 14.5 Å². The Morgan fingerprint density at radius 2 is 2.15 bits per heavy atom. The number of hydrogen-bond donors (Lipinski definition) is 1. The van der Waals surface area contributed by atoms with Crippen LogP contribution in [0.3, 0.4) is 0 Å². The summed E-state index contributed by atoms with van der Waals surface area (Å²) in [7, 11) is 3.17. The van der Waals surface area contributed by atoms with Gasteiger partial charge in [-0.3, -0.25) is 9.98 Å². The summed E-state index contributed by atoms with van der Waals surface area (Å²) in [4.78, 5) is 10.7. The first-order valence-corrected chi connectivity index (χ1v) is 9.50. The van der Waals surface area contributed by atoms with E-state index in [9.17, 15) is 5.11 Å². The molecule has 0 amide bonds. The van der Waals surface area contributed by atoms with Gasteiger partial charge in [0.15, 0.2) is 22.4 Å². The van der Waals surface area contributed by atoms with E-state index in [0.717, 1.165) is 16.3 Å². The van der Waals surface area contributed by atoms with Gasteiger partial charge in [0.1, 0.15) is 0 Å². The molecule has 1 unspecified atom stereocenters. The molecule has 1 aliphatic heterocycles. The van der Waals surface area contributed by atoms with Crippen LogP contribution in [0.15, 0.2) is 60.4 Å². The number of amidine groups is 1. The second-order valence-corrected chi connectivity index (χ2v) is 6.98. The molecule has 0 bridgehead atoms. The first-order chi connectivity index (χ1) is 13.1. The van der Waals surface area contributed by atoms with E-state index >= 15 is 0 Å². The van der Waals surface area contributed by atoms with Gasteiger partial charge in [0.25, 0.3) is 0 Å². The second kappa shape index (κ2) is 8.45. The van der Waals surface area contributed by atoms with Crippen LogP contribution in [0.4, 0.5) is 0 Å². The summed E-state index contributed by atoms with van der Waals surface area (Å²) < 4.78 is 10.7. The molecule has 142 valence electrons. The lowest BCUT2D eigenvalue weighted by Crippen LogP contribution is -2.45. The van der Waals surface area contributed by atoms with Crippen LogP contribution >= 0.6 is 11.8 Å². The first-order valence-electron chi connectivity index (χ1n) is 8.52. The van der Waals surface area contributed by atoms with Crippen molar-refractivity contribution in [3.63, 3.8) is 0 Å². The van der Waals surface area contributed by atoms with Crippen LogP contribution in [0.1, 0.15) is 11.1 Å². The van der Waals surface area contributed by atoms with E-state index in [1.807, 2.05) is 23.1 Å². The van der Waals surface area contributed by atoms with E-state index in [1.165, 1.54) is 11.8 Å². The molecule has 1 aromatic heterocycles. The highest BCUT2D eigenvalue weighted by molar-refractivity contribution is 8.14. The molecular weight excluding hydrogens is 362 g/mol. The standard InChI is InChI=1S/C20H23N3O3S/c1-4-10-23-19(22-13-15-6-5-9-21-12-15)27-14-20(23,24)16-7-8-17(25-2)18(11-16)26-3/h4-9,11-12,24H,1,10,13-14H2,2-3H3. The lowest BCUT2D eigenvalue weighted by atomic mass is 10.0. The van der Waals surface area contributed by atoms with E-state index in [1.54, 1.807) is 44.8 Å². The Hall–Kier alpha value is -2.51.